The highest BCUT2D eigenvalue weighted by Gasteiger charge is 2.12. The molecule has 0 rings (SSSR count). The van der Waals surface area contributed by atoms with E-state index in [1.54, 1.807) is 13.8 Å². The highest BCUT2D eigenvalue weighted by Crippen LogP contribution is 2.17. The third kappa shape index (κ3) is 1.52. The number of hydrogen-bond donors (Lipinski definition) is 1. The molecule has 0 aliphatic rings. The van der Waals surface area contributed by atoms with Crippen molar-refractivity contribution in [3.8, 4) is 0 Å². The monoisotopic (exact) mass is 114 g/mol. The van der Waals surface area contributed by atoms with Crippen molar-refractivity contribution in [1.29, 1.82) is 5.41 Å². The molecule has 0 saturated heterocycles. The van der Waals surface area contributed by atoms with Crippen LogP contribution in [0.3, 0.4) is 0 Å². The SMILES string of the molecule is CCC(C)(C)C(=N)[O-]. The summed E-state index contributed by atoms with van der Waals surface area (Å²) in [6.07, 6.45) is 0.745. The molecule has 8 heavy (non-hydrogen) atoms. The molecule has 0 aromatic heterocycles. The lowest BCUT2D eigenvalue weighted by atomic mass is 9.90. The second kappa shape index (κ2) is 2.16. The minimum Gasteiger partial charge on any atom is -0.862 e. The quantitative estimate of drug-likeness (QED) is 0.418. The third-order valence-corrected chi connectivity index (χ3v) is 1.50. The van der Waals surface area contributed by atoms with Crippen molar-refractivity contribution in [3.63, 3.8) is 0 Å². The highest BCUT2D eigenvalue weighted by atomic mass is 16.3. The number of rotatable bonds is 2. The molecule has 0 unspecified atom stereocenters. The molecular formula is C6H12NO-. The van der Waals surface area contributed by atoms with E-state index in [1.165, 1.54) is 0 Å². The maximum atomic E-state index is 10.4. The zero-order chi connectivity index (χ0) is 6.78. The molecule has 0 heterocycles. The van der Waals surface area contributed by atoms with Crippen LogP contribution in [0.15, 0.2) is 0 Å². The fourth-order valence-corrected chi connectivity index (χ4v) is 0.161. The molecular weight excluding hydrogens is 102 g/mol. The summed E-state index contributed by atoms with van der Waals surface area (Å²) in [7, 11) is 0. The summed E-state index contributed by atoms with van der Waals surface area (Å²) in [6, 6.07) is 0. The van der Waals surface area contributed by atoms with Crippen LogP contribution in [0.4, 0.5) is 0 Å². The van der Waals surface area contributed by atoms with Crippen molar-refractivity contribution in [2.75, 3.05) is 0 Å². The van der Waals surface area contributed by atoms with Gasteiger partial charge in [0.05, 0.1) is 0 Å². The molecule has 2 nitrogen and oxygen atoms in total. The van der Waals surface area contributed by atoms with E-state index in [4.69, 9.17) is 5.41 Å². The van der Waals surface area contributed by atoms with Crippen LogP contribution in [-0.2, 0) is 0 Å². The normalized spacial score (nSPS) is 11.4. The minimum atomic E-state index is -0.472. The third-order valence-electron chi connectivity index (χ3n) is 1.50. The molecule has 0 amide bonds. The van der Waals surface area contributed by atoms with Gasteiger partial charge in [0.15, 0.2) is 0 Å². The molecule has 1 N–H and O–H groups in total. The van der Waals surface area contributed by atoms with E-state index in [2.05, 4.69) is 0 Å². The summed E-state index contributed by atoms with van der Waals surface area (Å²) in [5.74, 6) is -0.472. The van der Waals surface area contributed by atoms with E-state index in [9.17, 15) is 5.11 Å². The fraction of sp³-hybridized carbons (Fsp3) is 0.833. The van der Waals surface area contributed by atoms with Crippen LogP contribution in [0.25, 0.3) is 0 Å². The van der Waals surface area contributed by atoms with Crippen LogP contribution in [0.1, 0.15) is 27.2 Å². The van der Waals surface area contributed by atoms with E-state index in [-0.39, 0.29) is 0 Å². The van der Waals surface area contributed by atoms with Crippen molar-refractivity contribution in [2.24, 2.45) is 5.41 Å². The van der Waals surface area contributed by atoms with Gasteiger partial charge in [-0.1, -0.05) is 20.8 Å². The fourth-order valence-electron chi connectivity index (χ4n) is 0.161. The molecule has 0 radical (unpaired) electrons. The maximum absolute atomic E-state index is 10.4. The Labute approximate surface area is 50.0 Å². The van der Waals surface area contributed by atoms with Crippen LogP contribution >= 0.6 is 0 Å². The van der Waals surface area contributed by atoms with Crippen molar-refractivity contribution in [3.05, 3.63) is 0 Å². The van der Waals surface area contributed by atoms with Gasteiger partial charge in [0, 0.05) is 0 Å². The van der Waals surface area contributed by atoms with Gasteiger partial charge in [0.1, 0.15) is 0 Å². The molecule has 0 aliphatic carbocycles. The first-order chi connectivity index (χ1) is 3.50. The van der Waals surface area contributed by atoms with Crippen LogP contribution < -0.4 is 5.11 Å². The molecule has 0 aromatic carbocycles. The topological polar surface area (TPSA) is 46.9 Å². The summed E-state index contributed by atoms with van der Waals surface area (Å²) in [6.45, 7) is 5.47. The van der Waals surface area contributed by atoms with Gasteiger partial charge in [-0.15, -0.1) is 0 Å². The molecule has 0 spiro atoms. The van der Waals surface area contributed by atoms with E-state index in [0.29, 0.717) is 0 Å². The van der Waals surface area contributed by atoms with Gasteiger partial charge in [-0.2, -0.15) is 0 Å². The van der Waals surface area contributed by atoms with Gasteiger partial charge >= 0.3 is 0 Å². The van der Waals surface area contributed by atoms with Crippen molar-refractivity contribution < 1.29 is 5.11 Å². The Morgan fingerprint density at radius 2 is 2.00 bits per heavy atom. The average Bonchev–Trinajstić information content (AvgIpc) is 1.67. The molecule has 0 fully saturated rings. The van der Waals surface area contributed by atoms with E-state index in [0.717, 1.165) is 6.42 Å². The first-order valence-corrected chi connectivity index (χ1v) is 2.76. The Morgan fingerprint density at radius 1 is 1.62 bits per heavy atom. The van der Waals surface area contributed by atoms with Gasteiger partial charge in [-0.05, 0) is 17.7 Å². The largest absolute Gasteiger partial charge is 0.862 e. The van der Waals surface area contributed by atoms with Crippen LogP contribution in [0.2, 0.25) is 0 Å². The highest BCUT2D eigenvalue weighted by molar-refractivity contribution is 5.74. The Bertz CT molecular complexity index is 96.7. The van der Waals surface area contributed by atoms with E-state index < -0.39 is 11.3 Å². The van der Waals surface area contributed by atoms with Gasteiger partial charge in [0.2, 0.25) is 0 Å². The van der Waals surface area contributed by atoms with Gasteiger partial charge in [0.25, 0.3) is 0 Å². The second-order valence-corrected chi connectivity index (χ2v) is 2.57. The van der Waals surface area contributed by atoms with Gasteiger partial charge in [-0.3, -0.25) is 0 Å². The number of hydrogen-bond acceptors (Lipinski definition) is 2. The summed E-state index contributed by atoms with van der Waals surface area (Å²) in [5, 5.41) is 17.1. The molecule has 0 bridgehead atoms. The first-order valence-electron chi connectivity index (χ1n) is 2.76. The minimum absolute atomic E-state index is 0.431. The van der Waals surface area contributed by atoms with Gasteiger partial charge in [-0.25, -0.2) is 0 Å². The lowest BCUT2D eigenvalue weighted by molar-refractivity contribution is -0.231. The molecule has 2 heteroatoms. The molecule has 0 saturated carbocycles. The standard InChI is InChI=1S/C6H13NO/c1-4-6(2,3)5(7)8/h4H2,1-3H3,(H2,7,8)/p-1. The van der Waals surface area contributed by atoms with E-state index in [1.807, 2.05) is 6.92 Å². The second-order valence-electron chi connectivity index (χ2n) is 2.57. The predicted octanol–water partition coefficient (Wildman–Crippen LogP) is 0.760. The smallest absolute Gasteiger partial charge is 0.00815 e. The summed E-state index contributed by atoms with van der Waals surface area (Å²) < 4.78 is 0. The van der Waals surface area contributed by atoms with Crippen LogP contribution in [-0.4, -0.2) is 5.90 Å². The van der Waals surface area contributed by atoms with Crippen molar-refractivity contribution >= 4 is 5.90 Å². The lowest BCUT2D eigenvalue weighted by Gasteiger charge is -2.27. The Hall–Kier alpha value is -0.530. The lowest BCUT2D eigenvalue weighted by Crippen LogP contribution is -2.33. The molecule has 0 aliphatic heterocycles. The molecule has 0 atom stereocenters. The van der Waals surface area contributed by atoms with E-state index >= 15 is 0 Å². The van der Waals surface area contributed by atoms with Crippen LogP contribution in [0.5, 0.6) is 0 Å². The summed E-state index contributed by atoms with van der Waals surface area (Å²) in [4.78, 5) is 0. The van der Waals surface area contributed by atoms with Crippen molar-refractivity contribution in [1.82, 2.24) is 0 Å². The van der Waals surface area contributed by atoms with Gasteiger partial charge < -0.3 is 10.5 Å². The Kier molecular flexibility index (Phi) is 2.02. The maximum Gasteiger partial charge on any atom is -0.00815 e. The van der Waals surface area contributed by atoms with Crippen molar-refractivity contribution in [2.45, 2.75) is 27.2 Å². The number of nitrogens with one attached hydrogen (secondary N) is 1. The molecule has 48 valence electrons. The summed E-state index contributed by atoms with van der Waals surface area (Å²) >= 11 is 0. The first kappa shape index (κ1) is 7.47. The predicted molar refractivity (Wildman–Crippen MR) is 31.8 cm³/mol. The molecule has 0 aromatic rings. The Morgan fingerprint density at radius 3 is 2.00 bits per heavy atom. The zero-order valence-electron chi connectivity index (χ0n) is 5.62. The average molecular weight is 114 g/mol. The van der Waals surface area contributed by atoms with Crippen LogP contribution in [0, 0.1) is 10.8 Å². The summed E-state index contributed by atoms with van der Waals surface area (Å²) in [5.41, 5.74) is -0.431. The zero-order valence-corrected chi connectivity index (χ0v) is 5.62. The Balaban J connectivity index is 3.91.